The van der Waals surface area contributed by atoms with Gasteiger partial charge in [0.25, 0.3) is 0 Å². The Morgan fingerprint density at radius 1 is 0.947 bits per heavy atom. The van der Waals surface area contributed by atoms with Crippen molar-refractivity contribution in [2.45, 2.75) is 24.6 Å². The van der Waals surface area contributed by atoms with Crippen molar-refractivity contribution in [1.82, 2.24) is 20.6 Å². The molecular weight excluding hydrogens is 503 g/mol. The van der Waals surface area contributed by atoms with Crippen LogP contribution in [0.25, 0.3) is 22.5 Å². The summed E-state index contributed by atoms with van der Waals surface area (Å²) >= 11 is 0. The Morgan fingerprint density at radius 3 is 2.37 bits per heavy atom. The van der Waals surface area contributed by atoms with Crippen LogP contribution in [0.4, 0.5) is 18.9 Å². The molecule has 0 spiro atoms. The number of aromatic amines is 1. The van der Waals surface area contributed by atoms with Crippen LogP contribution in [0.2, 0.25) is 0 Å². The molecule has 1 amide bonds. The summed E-state index contributed by atoms with van der Waals surface area (Å²) in [7, 11) is 3.08. The number of benzene rings is 3. The average molecular weight is 525 g/mol. The van der Waals surface area contributed by atoms with Gasteiger partial charge in [0.15, 0.2) is 17.3 Å². The van der Waals surface area contributed by atoms with E-state index in [2.05, 4.69) is 30.7 Å². The van der Waals surface area contributed by atoms with Crippen LogP contribution in [-0.4, -0.2) is 47.1 Å². The number of anilines is 1. The number of amides is 1. The second-order valence-electron chi connectivity index (χ2n) is 8.66. The summed E-state index contributed by atoms with van der Waals surface area (Å²) in [6.07, 6.45) is -4.10. The number of nitrogens with one attached hydrogen (secondary N) is 2. The lowest BCUT2D eigenvalue weighted by Gasteiger charge is -2.20. The molecule has 0 unspecified atom stereocenters. The van der Waals surface area contributed by atoms with Crippen LogP contribution in [0.1, 0.15) is 18.4 Å². The van der Waals surface area contributed by atoms with E-state index in [1.807, 2.05) is 6.07 Å². The highest BCUT2D eigenvalue weighted by Crippen LogP contribution is 2.52. The van der Waals surface area contributed by atoms with E-state index in [0.29, 0.717) is 41.4 Å². The lowest BCUT2D eigenvalue weighted by molar-refractivity contribution is -0.275. The van der Waals surface area contributed by atoms with Crippen LogP contribution in [0.15, 0.2) is 60.7 Å². The molecule has 0 bridgehead atoms. The predicted molar refractivity (Wildman–Crippen MR) is 131 cm³/mol. The number of para-hydroxylation sites is 1. The van der Waals surface area contributed by atoms with Crippen LogP contribution >= 0.6 is 0 Å². The van der Waals surface area contributed by atoms with Crippen molar-refractivity contribution < 1.29 is 32.2 Å². The van der Waals surface area contributed by atoms with Gasteiger partial charge in [0.05, 0.1) is 19.6 Å². The number of halogens is 3. The van der Waals surface area contributed by atoms with Crippen LogP contribution < -0.4 is 19.5 Å². The van der Waals surface area contributed by atoms with E-state index in [4.69, 9.17) is 9.47 Å². The van der Waals surface area contributed by atoms with Crippen molar-refractivity contribution in [3.8, 4) is 39.8 Å². The first-order valence-electron chi connectivity index (χ1n) is 11.5. The van der Waals surface area contributed by atoms with E-state index in [0.717, 1.165) is 11.1 Å². The number of rotatable bonds is 8. The number of ether oxygens (including phenoxy) is 3. The van der Waals surface area contributed by atoms with Crippen LogP contribution in [-0.2, 0) is 10.2 Å². The van der Waals surface area contributed by atoms with Gasteiger partial charge in [-0.2, -0.15) is 0 Å². The summed E-state index contributed by atoms with van der Waals surface area (Å²) in [5.74, 6) is 0.629. The van der Waals surface area contributed by atoms with Gasteiger partial charge in [-0.3, -0.25) is 4.79 Å². The SMILES string of the molecule is COc1ccc(-c2ccc(NC(=O)C3(c4ccccc4OC(F)(F)F)CC3)cc2-c2nnn[nH]2)cc1OC. The smallest absolute Gasteiger partial charge is 0.493 e. The maximum atomic E-state index is 13.4. The van der Waals surface area contributed by atoms with Crippen molar-refractivity contribution in [3.05, 3.63) is 66.2 Å². The van der Waals surface area contributed by atoms with Crippen molar-refractivity contribution >= 4 is 11.6 Å². The van der Waals surface area contributed by atoms with E-state index in [-0.39, 0.29) is 11.3 Å². The van der Waals surface area contributed by atoms with E-state index in [1.54, 1.807) is 43.5 Å². The number of hydrogen-bond acceptors (Lipinski definition) is 7. The fourth-order valence-electron chi connectivity index (χ4n) is 4.42. The number of alkyl halides is 3. The van der Waals surface area contributed by atoms with Crippen molar-refractivity contribution in [2.75, 3.05) is 19.5 Å². The molecule has 1 aliphatic carbocycles. The molecule has 0 atom stereocenters. The minimum Gasteiger partial charge on any atom is -0.493 e. The Labute approximate surface area is 214 Å². The summed E-state index contributed by atoms with van der Waals surface area (Å²) < 4.78 is 53.8. The van der Waals surface area contributed by atoms with E-state index in [1.165, 1.54) is 25.3 Å². The zero-order chi connectivity index (χ0) is 26.9. The Hall–Kier alpha value is -4.61. The molecule has 1 saturated carbocycles. The molecule has 12 heteroatoms. The predicted octanol–water partition coefficient (Wildman–Crippen LogP) is 5.12. The molecule has 38 heavy (non-hydrogen) atoms. The molecule has 1 heterocycles. The molecule has 1 aliphatic rings. The Morgan fingerprint density at radius 2 is 1.71 bits per heavy atom. The Balaban J connectivity index is 1.48. The van der Waals surface area contributed by atoms with Gasteiger partial charge in [-0.1, -0.05) is 30.3 Å². The van der Waals surface area contributed by atoms with Gasteiger partial charge in [0.2, 0.25) is 5.91 Å². The first kappa shape index (κ1) is 25.1. The van der Waals surface area contributed by atoms with E-state index in [9.17, 15) is 18.0 Å². The lowest BCUT2D eigenvalue weighted by Crippen LogP contribution is -2.29. The molecule has 0 radical (unpaired) electrons. The summed E-state index contributed by atoms with van der Waals surface area (Å²) in [5.41, 5.74) is 1.60. The fraction of sp³-hybridized carbons (Fsp3) is 0.231. The van der Waals surface area contributed by atoms with E-state index >= 15 is 0 Å². The standard InChI is InChI=1S/C26H22F3N5O4/c1-36-21-10-7-15(13-22(21)37-2)17-9-8-16(14-18(17)23-31-33-34-32-23)30-24(35)25(11-12-25)19-5-3-4-6-20(19)38-26(27,28)29/h3-10,13-14H,11-12H2,1-2H3,(H,30,35)(H,31,32,33,34). The number of H-pyrrole nitrogens is 1. The third kappa shape index (κ3) is 4.84. The number of methoxy groups -OCH3 is 2. The van der Waals surface area contributed by atoms with Crippen LogP contribution in [0, 0.1) is 0 Å². The zero-order valence-corrected chi connectivity index (χ0v) is 20.3. The fourth-order valence-corrected chi connectivity index (χ4v) is 4.42. The maximum Gasteiger partial charge on any atom is 0.573 e. The molecule has 2 N–H and O–H groups in total. The second-order valence-corrected chi connectivity index (χ2v) is 8.66. The number of nitrogens with zero attached hydrogens (tertiary/aromatic N) is 3. The number of hydrogen-bond donors (Lipinski definition) is 2. The number of tetrazole rings is 1. The van der Waals surface area contributed by atoms with Gasteiger partial charge >= 0.3 is 6.36 Å². The van der Waals surface area contributed by atoms with Crippen LogP contribution in [0.5, 0.6) is 17.2 Å². The zero-order valence-electron chi connectivity index (χ0n) is 20.3. The third-order valence-corrected chi connectivity index (χ3v) is 6.39. The number of aromatic nitrogens is 4. The molecule has 9 nitrogen and oxygen atoms in total. The van der Waals surface area contributed by atoms with E-state index < -0.39 is 17.7 Å². The molecule has 1 aromatic heterocycles. The molecule has 0 aliphatic heterocycles. The third-order valence-electron chi connectivity index (χ3n) is 6.39. The highest BCUT2D eigenvalue weighted by atomic mass is 19.4. The summed E-state index contributed by atoms with van der Waals surface area (Å²) in [6.45, 7) is 0. The molecule has 0 saturated heterocycles. The monoisotopic (exact) mass is 525 g/mol. The van der Waals surface area contributed by atoms with Gasteiger partial charge in [-0.05, 0) is 64.7 Å². The van der Waals surface area contributed by atoms with Crippen molar-refractivity contribution in [3.63, 3.8) is 0 Å². The molecule has 1 fully saturated rings. The topological polar surface area (TPSA) is 111 Å². The van der Waals surface area contributed by atoms with Crippen molar-refractivity contribution in [1.29, 1.82) is 0 Å². The molecule has 4 aromatic rings. The minimum atomic E-state index is -4.87. The molecule has 196 valence electrons. The highest BCUT2D eigenvalue weighted by Gasteiger charge is 2.53. The summed E-state index contributed by atoms with van der Waals surface area (Å²) in [5, 5.41) is 16.9. The van der Waals surface area contributed by atoms with Gasteiger partial charge in [-0.15, -0.1) is 18.3 Å². The molecule has 3 aromatic carbocycles. The maximum absolute atomic E-state index is 13.4. The Kier molecular flexibility index (Phi) is 6.39. The van der Waals surface area contributed by atoms with Crippen LogP contribution in [0.3, 0.4) is 0 Å². The van der Waals surface area contributed by atoms with Gasteiger partial charge < -0.3 is 19.5 Å². The Bertz CT molecular complexity index is 1470. The minimum absolute atomic E-state index is 0.191. The number of carbonyl (C=O) groups excluding carboxylic acids is 1. The first-order chi connectivity index (χ1) is 18.2. The summed E-state index contributed by atoms with van der Waals surface area (Å²) in [4.78, 5) is 13.4. The second kappa shape index (κ2) is 9.69. The summed E-state index contributed by atoms with van der Waals surface area (Å²) in [6, 6.07) is 16.3. The normalized spacial score (nSPS) is 14.0. The molecular formula is C26H22F3N5O4. The quantitative estimate of drug-likeness (QED) is 0.329. The first-order valence-corrected chi connectivity index (χ1v) is 11.5. The van der Waals surface area contributed by atoms with Gasteiger partial charge in [0.1, 0.15) is 5.75 Å². The lowest BCUT2D eigenvalue weighted by atomic mass is 9.93. The van der Waals surface area contributed by atoms with Crippen molar-refractivity contribution in [2.24, 2.45) is 0 Å². The van der Waals surface area contributed by atoms with Gasteiger partial charge in [0, 0.05) is 16.8 Å². The van der Waals surface area contributed by atoms with Gasteiger partial charge in [-0.25, -0.2) is 5.10 Å². The molecule has 5 rings (SSSR count). The average Bonchev–Trinajstić information content (AvgIpc) is 3.53. The largest absolute Gasteiger partial charge is 0.573 e. The highest BCUT2D eigenvalue weighted by molar-refractivity contribution is 6.02. The number of carbonyl (C=O) groups is 1.